The molecule has 0 saturated carbocycles. The number of hydrogen-bond acceptors (Lipinski definition) is 5. The minimum atomic E-state index is -0.487. The Bertz CT molecular complexity index is 306. The maximum Gasteiger partial charge on any atom is 0.242 e. The van der Waals surface area contributed by atoms with Gasteiger partial charge in [0, 0.05) is 12.4 Å². The van der Waals surface area contributed by atoms with Gasteiger partial charge >= 0.3 is 0 Å². The van der Waals surface area contributed by atoms with Crippen molar-refractivity contribution in [3.05, 3.63) is 18.6 Å². The molecule has 1 aromatic heterocycles. The van der Waals surface area contributed by atoms with E-state index in [0.29, 0.717) is 12.2 Å². The molecule has 1 aromatic rings. The predicted molar refractivity (Wildman–Crippen MR) is 61.6 cm³/mol. The van der Waals surface area contributed by atoms with Gasteiger partial charge in [-0.1, -0.05) is 0 Å². The summed E-state index contributed by atoms with van der Waals surface area (Å²) in [7, 11) is 0. The van der Waals surface area contributed by atoms with Gasteiger partial charge in [0.25, 0.3) is 0 Å². The van der Waals surface area contributed by atoms with E-state index in [9.17, 15) is 4.79 Å². The van der Waals surface area contributed by atoms with Crippen molar-refractivity contribution in [1.29, 1.82) is 0 Å². The first-order chi connectivity index (χ1) is 7.24. The maximum atomic E-state index is 11.5. The smallest absolute Gasteiger partial charge is 0.242 e. The summed E-state index contributed by atoms with van der Waals surface area (Å²) in [5.41, 5.74) is 5.68. The van der Waals surface area contributed by atoms with Gasteiger partial charge in [0.15, 0.2) is 5.82 Å². The van der Waals surface area contributed by atoms with Crippen molar-refractivity contribution in [2.75, 3.05) is 17.3 Å². The van der Waals surface area contributed by atoms with Gasteiger partial charge in [0.05, 0.1) is 12.2 Å². The summed E-state index contributed by atoms with van der Waals surface area (Å²) in [4.78, 5) is 19.3. The highest BCUT2D eigenvalue weighted by molar-refractivity contribution is 7.98. The Hall–Kier alpha value is -1.14. The van der Waals surface area contributed by atoms with E-state index < -0.39 is 6.04 Å². The van der Waals surface area contributed by atoms with Crippen molar-refractivity contribution in [2.24, 2.45) is 5.73 Å². The third-order valence-corrected chi connectivity index (χ3v) is 2.43. The third kappa shape index (κ3) is 4.26. The van der Waals surface area contributed by atoms with E-state index in [1.54, 1.807) is 18.0 Å². The fraction of sp³-hybridized carbons (Fsp3) is 0.444. The Labute approximate surface area is 92.9 Å². The van der Waals surface area contributed by atoms with Crippen LogP contribution in [0, 0.1) is 0 Å². The van der Waals surface area contributed by atoms with Crippen LogP contribution in [0.4, 0.5) is 5.82 Å². The number of amides is 1. The molecule has 15 heavy (non-hydrogen) atoms. The lowest BCUT2D eigenvalue weighted by atomic mass is 10.2. The second-order valence-corrected chi connectivity index (χ2v) is 3.95. The van der Waals surface area contributed by atoms with Gasteiger partial charge in [-0.15, -0.1) is 0 Å². The molecule has 0 unspecified atom stereocenters. The Kier molecular flexibility index (Phi) is 5.06. The van der Waals surface area contributed by atoms with Gasteiger partial charge in [0.2, 0.25) is 5.91 Å². The van der Waals surface area contributed by atoms with Crippen LogP contribution in [0.2, 0.25) is 0 Å². The zero-order valence-electron chi connectivity index (χ0n) is 8.51. The van der Waals surface area contributed by atoms with Crippen LogP contribution in [0.25, 0.3) is 0 Å². The molecule has 1 atom stereocenters. The van der Waals surface area contributed by atoms with Crippen molar-refractivity contribution < 1.29 is 4.79 Å². The largest absolute Gasteiger partial charge is 0.320 e. The van der Waals surface area contributed by atoms with Crippen LogP contribution in [-0.2, 0) is 4.79 Å². The van der Waals surface area contributed by atoms with Crippen LogP contribution in [0.3, 0.4) is 0 Å². The van der Waals surface area contributed by atoms with Crippen molar-refractivity contribution in [2.45, 2.75) is 12.5 Å². The van der Waals surface area contributed by atoms with E-state index in [-0.39, 0.29) is 5.91 Å². The normalized spacial score (nSPS) is 12.1. The molecule has 6 heteroatoms. The summed E-state index contributed by atoms with van der Waals surface area (Å²) in [5.74, 6) is 1.08. The molecular formula is C9H14N4OS. The van der Waals surface area contributed by atoms with Gasteiger partial charge in [-0.3, -0.25) is 9.78 Å². The number of hydrogen-bond donors (Lipinski definition) is 2. The van der Waals surface area contributed by atoms with Crippen molar-refractivity contribution in [3.63, 3.8) is 0 Å². The SMILES string of the molecule is CSCC[C@H](N)C(=O)Nc1cnccn1. The lowest BCUT2D eigenvalue weighted by Gasteiger charge is -2.10. The second kappa shape index (κ2) is 6.36. The number of nitrogens with two attached hydrogens (primary N) is 1. The molecule has 0 aliphatic carbocycles. The first kappa shape index (κ1) is 11.9. The highest BCUT2D eigenvalue weighted by Gasteiger charge is 2.13. The molecule has 5 nitrogen and oxygen atoms in total. The van der Waals surface area contributed by atoms with Gasteiger partial charge in [0.1, 0.15) is 0 Å². The summed E-state index contributed by atoms with van der Waals surface area (Å²) in [5, 5.41) is 2.60. The molecule has 1 heterocycles. The molecule has 0 aliphatic heterocycles. The summed E-state index contributed by atoms with van der Waals surface area (Å²) in [6, 6.07) is -0.487. The predicted octanol–water partition coefficient (Wildman–Crippen LogP) is 0.495. The lowest BCUT2D eigenvalue weighted by molar-refractivity contribution is -0.117. The fourth-order valence-electron chi connectivity index (χ4n) is 0.958. The average Bonchev–Trinajstić information content (AvgIpc) is 2.27. The molecule has 0 spiro atoms. The Balaban J connectivity index is 2.42. The minimum absolute atomic E-state index is 0.218. The van der Waals surface area contributed by atoms with Crippen LogP contribution in [0.15, 0.2) is 18.6 Å². The number of aromatic nitrogens is 2. The zero-order chi connectivity index (χ0) is 11.1. The van der Waals surface area contributed by atoms with Crippen molar-refractivity contribution in [3.8, 4) is 0 Å². The minimum Gasteiger partial charge on any atom is -0.320 e. The molecule has 0 bridgehead atoms. The summed E-state index contributed by atoms with van der Waals surface area (Å²) in [6.07, 6.45) is 7.19. The van der Waals surface area contributed by atoms with Gasteiger partial charge in [-0.05, 0) is 18.4 Å². The van der Waals surface area contributed by atoms with Gasteiger partial charge < -0.3 is 11.1 Å². The molecular weight excluding hydrogens is 212 g/mol. The number of carbonyl (C=O) groups excluding carboxylic acids is 1. The number of nitrogens with one attached hydrogen (secondary N) is 1. The Morgan fingerprint density at radius 1 is 1.67 bits per heavy atom. The van der Waals surface area contributed by atoms with Crippen LogP contribution in [0.1, 0.15) is 6.42 Å². The van der Waals surface area contributed by atoms with Gasteiger partial charge in [-0.2, -0.15) is 11.8 Å². The molecule has 0 aromatic carbocycles. The van der Waals surface area contributed by atoms with E-state index >= 15 is 0 Å². The van der Waals surface area contributed by atoms with Crippen LogP contribution in [0.5, 0.6) is 0 Å². The first-order valence-electron chi connectivity index (χ1n) is 4.55. The van der Waals surface area contributed by atoms with Crippen LogP contribution < -0.4 is 11.1 Å². The van der Waals surface area contributed by atoms with Crippen molar-refractivity contribution in [1.82, 2.24) is 9.97 Å². The molecule has 0 aliphatic rings. The van der Waals surface area contributed by atoms with Crippen molar-refractivity contribution >= 4 is 23.5 Å². The Morgan fingerprint density at radius 3 is 3.07 bits per heavy atom. The molecule has 0 fully saturated rings. The van der Waals surface area contributed by atoms with Gasteiger partial charge in [-0.25, -0.2) is 4.98 Å². The zero-order valence-corrected chi connectivity index (χ0v) is 9.33. The second-order valence-electron chi connectivity index (χ2n) is 2.97. The van der Waals surface area contributed by atoms with E-state index in [1.807, 2.05) is 6.26 Å². The van der Waals surface area contributed by atoms with E-state index in [2.05, 4.69) is 15.3 Å². The number of rotatable bonds is 5. The lowest BCUT2D eigenvalue weighted by Crippen LogP contribution is -2.36. The third-order valence-electron chi connectivity index (χ3n) is 1.78. The Morgan fingerprint density at radius 2 is 2.47 bits per heavy atom. The number of anilines is 1. The standard InChI is InChI=1S/C9H14N4OS/c1-15-5-2-7(10)9(14)13-8-6-11-3-4-12-8/h3-4,6-7H,2,5,10H2,1H3,(H,12,13,14)/t7-/m0/s1. The van der Waals surface area contributed by atoms with E-state index in [1.165, 1.54) is 12.4 Å². The highest BCUT2D eigenvalue weighted by atomic mass is 32.2. The topological polar surface area (TPSA) is 80.9 Å². The highest BCUT2D eigenvalue weighted by Crippen LogP contribution is 2.02. The maximum absolute atomic E-state index is 11.5. The molecule has 82 valence electrons. The quantitative estimate of drug-likeness (QED) is 0.764. The van der Waals surface area contributed by atoms with Crippen LogP contribution in [-0.4, -0.2) is 33.9 Å². The first-order valence-corrected chi connectivity index (χ1v) is 5.95. The van der Waals surface area contributed by atoms with E-state index in [4.69, 9.17) is 5.73 Å². The number of nitrogens with zero attached hydrogens (tertiary/aromatic N) is 2. The van der Waals surface area contributed by atoms with Crippen LogP contribution >= 0.6 is 11.8 Å². The summed E-state index contributed by atoms with van der Waals surface area (Å²) < 4.78 is 0. The monoisotopic (exact) mass is 226 g/mol. The molecule has 1 rings (SSSR count). The van der Waals surface area contributed by atoms with E-state index in [0.717, 1.165) is 5.75 Å². The summed E-state index contributed by atoms with van der Waals surface area (Å²) in [6.45, 7) is 0. The molecule has 0 radical (unpaired) electrons. The number of carbonyl (C=O) groups is 1. The fourth-order valence-corrected chi connectivity index (χ4v) is 1.45. The molecule has 0 saturated heterocycles. The summed E-state index contributed by atoms with van der Waals surface area (Å²) >= 11 is 1.67. The molecule has 1 amide bonds. The molecule has 3 N–H and O–H groups in total. The number of thioether (sulfide) groups is 1. The average molecular weight is 226 g/mol.